The number of halogens is 3. The van der Waals surface area contributed by atoms with Crippen LogP contribution in [0.4, 0.5) is 4.39 Å². The summed E-state index contributed by atoms with van der Waals surface area (Å²) >= 11 is 8.35. The molecular weight excluding hydrogens is 405 g/mol. The van der Waals surface area contributed by atoms with E-state index in [0.29, 0.717) is 10.0 Å². The highest BCUT2D eigenvalue weighted by Gasteiger charge is 2.19. The van der Waals surface area contributed by atoms with Crippen LogP contribution < -0.4 is 5.73 Å². The molecule has 0 bridgehead atoms. The van der Waals surface area contributed by atoms with E-state index in [1.807, 2.05) is 23.6 Å². The summed E-state index contributed by atoms with van der Waals surface area (Å²) < 4.78 is 16.8. The van der Waals surface area contributed by atoms with Crippen molar-refractivity contribution >= 4 is 53.3 Å². The summed E-state index contributed by atoms with van der Waals surface area (Å²) in [6.45, 7) is 0. The molecule has 0 radical (unpaired) electrons. The van der Waals surface area contributed by atoms with E-state index in [4.69, 9.17) is 5.73 Å². The van der Waals surface area contributed by atoms with Crippen molar-refractivity contribution in [2.45, 2.75) is 6.04 Å². The first-order valence-electron chi connectivity index (χ1n) is 5.94. The minimum Gasteiger partial charge on any atom is -0.320 e. The Labute approximate surface area is 136 Å². The van der Waals surface area contributed by atoms with E-state index < -0.39 is 6.04 Å². The molecule has 0 saturated carbocycles. The zero-order chi connectivity index (χ0) is 14.3. The lowest BCUT2D eigenvalue weighted by atomic mass is 9.99. The maximum atomic E-state index is 14.2. The second-order valence-electron chi connectivity index (χ2n) is 4.43. The maximum Gasteiger partial charge on any atom is 0.142 e. The highest BCUT2D eigenvalue weighted by Crippen LogP contribution is 2.37. The number of hydrogen-bond donors (Lipinski definition) is 1. The highest BCUT2D eigenvalue weighted by atomic mass is 79.9. The van der Waals surface area contributed by atoms with Crippen molar-refractivity contribution < 1.29 is 4.39 Å². The molecule has 2 N–H and O–H groups in total. The van der Waals surface area contributed by atoms with Crippen LogP contribution in [-0.2, 0) is 0 Å². The normalized spacial score (nSPS) is 12.8. The molecule has 102 valence electrons. The number of thiophene rings is 1. The van der Waals surface area contributed by atoms with Crippen LogP contribution in [0.3, 0.4) is 0 Å². The fourth-order valence-electron chi connectivity index (χ4n) is 2.21. The molecule has 0 fully saturated rings. The third-order valence-electron chi connectivity index (χ3n) is 3.23. The van der Waals surface area contributed by atoms with Crippen LogP contribution in [0.1, 0.15) is 17.2 Å². The maximum absolute atomic E-state index is 14.2. The van der Waals surface area contributed by atoms with Gasteiger partial charge in [-0.25, -0.2) is 4.39 Å². The number of hydrogen-bond acceptors (Lipinski definition) is 2. The minimum absolute atomic E-state index is 0.297. The zero-order valence-electron chi connectivity index (χ0n) is 10.2. The number of rotatable bonds is 2. The Kier molecular flexibility index (Phi) is 3.95. The van der Waals surface area contributed by atoms with E-state index >= 15 is 0 Å². The Morgan fingerprint density at radius 3 is 2.50 bits per heavy atom. The van der Waals surface area contributed by atoms with Gasteiger partial charge >= 0.3 is 0 Å². The summed E-state index contributed by atoms with van der Waals surface area (Å²) in [6.07, 6.45) is 0. The molecular formula is C15H10Br2FNS. The molecule has 1 atom stereocenters. The average molecular weight is 415 g/mol. The standard InChI is InChI=1S/C15H10Br2FNS/c16-11-5-2-4-9(13(11)18)14(19)10-7-20-15-8(10)3-1-6-12(15)17/h1-7,14H,19H2. The predicted molar refractivity (Wildman–Crippen MR) is 89.7 cm³/mol. The first-order chi connectivity index (χ1) is 9.59. The van der Waals surface area contributed by atoms with Gasteiger partial charge in [0.05, 0.1) is 10.5 Å². The molecule has 0 spiro atoms. The smallest absolute Gasteiger partial charge is 0.142 e. The summed E-state index contributed by atoms with van der Waals surface area (Å²) in [7, 11) is 0. The lowest BCUT2D eigenvalue weighted by Crippen LogP contribution is -2.13. The van der Waals surface area contributed by atoms with Gasteiger partial charge in [-0.2, -0.15) is 0 Å². The van der Waals surface area contributed by atoms with Crippen LogP contribution in [-0.4, -0.2) is 0 Å². The van der Waals surface area contributed by atoms with Crippen LogP contribution in [0.2, 0.25) is 0 Å². The van der Waals surface area contributed by atoms with Gasteiger partial charge in [-0.1, -0.05) is 24.3 Å². The molecule has 1 nitrogen and oxygen atoms in total. The van der Waals surface area contributed by atoms with Crippen LogP contribution in [0.15, 0.2) is 50.7 Å². The summed E-state index contributed by atoms with van der Waals surface area (Å²) in [4.78, 5) is 0. The average Bonchev–Trinajstić information content (AvgIpc) is 2.86. The van der Waals surface area contributed by atoms with Crippen molar-refractivity contribution in [3.63, 3.8) is 0 Å². The Balaban J connectivity index is 2.16. The van der Waals surface area contributed by atoms with Gasteiger partial charge in [0.1, 0.15) is 5.82 Å². The van der Waals surface area contributed by atoms with Gasteiger partial charge < -0.3 is 5.73 Å². The van der Waals surface area contributed by atoms with Crippen molar-refractivity contribution in [2.24, 2.45) is 5.73 Å². The van der Waals surface area contributed by atoms with Gasteiger partial charge in [-0.3, -0.25) is 0 Å². The number of benzene rings is 2. The van der Waals surface area contributed by atoms with Gasteiger partial charge in [-0.05, 0) is 60.3 Å². The van der Waals surface area contributed by atoms with E-state index in [1.165, 1.54) is 0 Å². The highest BCUT2D eigenvalue weighted by molar-refractivity contribution is 9.11. The Bertz CT molecular complexity index is 785. The molecule has 0 saturated heterocycles. The first kappa shape index (κ1) is 14.2. The van der Waals surface area contributed by atoms with Crippen molar-refractivity contribution in [1.82, 2.24) is 0 Å². The quantitative estimate of drug-likeness (QED) is 0.579. The van der Waals surface area contributed by atoms with Crippen molar-refractivity contribution in [2.75, 3.05) is 0 Å². The second kappa shape index (κ2) is 5.56. The van der Waals surface area contributed by atoms with Crippen molar-refractivity contribution in [3.8, 4) is 0 Å². The van der Waals surface area contributed by atoms with Crippen molar-refractivity contribution in [3.05, 3.63) is 67.7 Å². The molecule has 0 aliphatic carbocycles. The molecule has 1 heterocycles. The largest absolute Gasteiger partial charge is 0.320 e. The third kappa shape index (κ3) is 2.33. The van der Waals surface area contributed by atoms with E-state index in [1.54, 1.807) is 29.5 Å². The topological polar surface area (TPSA) is 26.0 Å². The summed E-state index contributed by atoms with van der Waals surface area (Å²) in [5.74, 6) is -0.297. The Hall–Kier alpha value is -0.750. The minimum atomic E-state index is -0.476. The molecule has 0 amide bonds. The molecule has 2 aromatic carbocycles. The van der Waals surface area contributed by atoms with Gasteiger partial charge in [0, 0.05) is 14.7 Å². The number of nitrogens with two attached hydrogens (primary N) is 1. The molecule has 1 aromatic heterocycles. The van der Waals surface area contributed by atoms with Crippen LogP contribution in [0.5, 0.6) is 0 Å². The van der Waals surface area contributed by atoms with E-state index in [-0.39, 0.29) is 5.82 Å². The lowest BCUT2D eigenvalue weighted by molar-refractivity contribution is 0.594. The molecule has 20 heavy (non-hydrogen) atoms. The van der Waals surface area contributed by atoms with Gasteiger partial charge in [-0.15, -0.1) is 11.3 Å². The van der Waals surface area contributed by atoms with Crippen molar-refractivity contribution in [1.29, 1.82) is 0 Å². The summed E-state index contributed by atoms with van der Waals surface area (Å²) in [5.41, 5.74) is 7.72. The monoisotopic (exact) mass is 413 g/mol. The summed E-state index contributed by atoms with van der Waals surface area (Å²) in [6, 6.07) is 10.7. The van der Waals surface area contributed by atoms with Crippen LogP contribution in [0.25, 0.3) is 10.1 Å². The summed E-state index contributed by atoms with van der Waals surface area (Å²) in [5, 5.41) is 3.07. The Morgan fingerprint density at radius 1 is 1.00 bits per heavy atom. The second-order valence-corrected chi connectivity index (χ2v) is 7.02. The molecule has 0 aliphatic heterocycles. The van der Waals surface area contributed by atoms with Crippen LogP contribution in [0, 0.1) is 5.82 Å². The van der Waals surface area contributed by atoms with Crippen LogP contribution >= 0.6 is 43.2 Å². The number of fused-ring (bicyclic) bond motifs is 1. The molecule has 1 unspecified atom stereocenters. The zero-order valence-corrected chi connectivity index (χ0v) is 14.2. The molecule has 3 aromatic rings. The SMILES string of the molecule is NC(c1cccc(Br)c1F)c1csc2c(Br)cccc12. The third-order valence-corrected chi connectivity index (χ3v) is 5.82. The molecule has 5 heteroatoms. The molecule has 0 aliphatic rings. The van der Waals surface area contributed by atoms with Gasteiger partial charge in [0.2, 0.25) is 0 Å². The lowest BCUT2D eigenvalue weighted by Gasteiger charge is -2.13. The first-order valence-corrected chi connectivity index (χ1v) is 8.41. The Morgan fingerprint density at radius 2 is 1.70 bits per heavy atom. The van der Waals surface area contributed by atoms with Gasteiger partial charge in [0.15, 0.2) is 0 Å². The predicted octanol–water partition coefficient (Wildman–Crippen LogP) is 5.61. The van der Waals surface area contributed by atoms with E-state index in [0.717, 1.165) is 20.1 Å². The van der Waals surface area contributed by atoms with E-state index in [9.17, 15) is 4.39 Å². The fourth-order valence-corrected chi connectivity index (χ4v) is 4.25. The van der Waals surface area contributed by atoms with Gasteiger partial charge in [0.25, 0.3) is 0 Å². The van der Waals surface area contributed by atoms with E-state index in [2.05, 4.69) is 31.9 Å². The fraction of sp³-hybridized carbons (Fsp3) is 0.0667. The molecule has 3 rings (SSSR count).